The maximum atomic E-state index is 9.23. The average Bonchev–Trinajstić information content (AvgIpc) is 2.37. The fourth-order valence-corrected chi connectivity index (χ4v) is 3.33. The molecule has 3 atom stereocenters. The number of hydrogen-bond donors (Lipinski definition) is 1. The van der Waals surface area contributed by atoms with Gasteiger partial charge in [0.2, 0.25) is 0 Å². The van der Waals surface area contributed by atoms with E-state index in [9.17, 15) is 5.11 Å². The lowest BCUT2D eigenvalue weighted by atomic mass is 9.97. The topological polar surface area (TPSA) is 38.7 Å². The zero-order valence-electron chi connectivity index (χ0n) is 15.1. The molecule has 124 valence electrons. The Kier molecular flexibility index (Phi) is 8.11. The SMILES string of the molecule is C=C[C@H](OC)[C@@H](O[Si](C)(C)C(C)(C)C)[C@H](C)/C=C(\C)CO. The number of ether oxygens (including phenoxy) is 1. The highest BCUT2D eigenvalue weighted by molar-refractivity contribution is 6.74. The van der Waals surface area contributed by atoms with Crippen LogP contribution < -0.4 is 0 Å². The lowest BCUT2D eigenvalue weighted by molar-refractivity contribution is 0.00591. The maximum absolute atomic E-state index is 9.23. The number of rotatable bonds is 8. The summed E-state index contributed by atoms with van der Waals surface area (Å²) in [4.78, 5) is 0. The van der Waals surface area contributed by atoms with Crippen molar-refractivity contribution in [1.29, 1.82) is 0 Å². The lowest BCUT2D eigenvalue weighted by Gasteiger charge is -2.42. The van der Waals surface area contributed by atoms with Crippen LogP contribution in [0.3, 0.4) is 0 Å². The molecule has 0 amide bonds. The second-order valence-corrected chi connectivity index (χ2v) is 12.1. The molecular weight excluding hydrogens is 280 g/mol. The minimum absolute atomic E-state index is 0.0723. The first-order valence-corrected chi connectivity index (χ1v) is 10.5. The Hall–Kier alpha value is -0.423. The van der Waals surface area contributed by atoms with Gasteiger partial charge in [-0.05, 0) is 25.1 Å². The van der Waals surface area contributed by atoms with Gasteiger partial charge in [0.05, 0.1) is 12.7 Å². The molecule has 0 radical (unpaired) electrons. The van der Waals surface area contributed by atoms with E-state index >= 15 is 0 Å². The molecule has 0 bridgehead atoms. The van der Waals surface area contributed by atoms with E-state index in [1.165, 1.54) is 0 Å². The Bertz CT molecular complexity index is 356. The van der Waals surface area contributed by atoms with E-state index in [1.807, 2.05) is 6.92 Å². The van der Waals surface area contributed by atoms with Gasteiger partial charge < -0.3 is 14.3 Å². The third-order valence-electron chi connectivity index (χ3n) is 4.38. The van der Waals surface area contributed by atoms with Gasteiger partial charge >= 0.3 is 0 Å². The Labute approximate surface area is 132 Å². The summed E-state index contributed by atoms with van der Waals surface area (Å²) in [6.45, 7) is 19.1. The van der Waals surface area contributed by atoms with Crippen molar-refractivity contribution in [3.8, 4) is 0 Å². The van der Waals surface area contributed by atoms with E-state index in [4.69, 9.17) is 9.16 Å². The molecule has 0 aromatic carbocycles. The molecular formula is C17H34O3Si. The summed E-state index contributed by atoms with van der Waals surface area (Å²) in [5.74, 6) is 0.147. The van der Waals surface area contributed by atoms with Gasteiger partial charge in [0.1, 0.15) is 6.10 Å². The van der Waals surface area contributed by atoms with E-state index in [0.29, 0.717) is 0 Å². The molecule has 0 aromatic rings. The van der Waals surface area contributed by atoms with Crippen molar-refractivity contribution < 1.29 is 14.3 Å². The first kappa shape index (κ1) is 20.6. The molecule has 3 nitrogen and oxygen atoms in total. The lowest BCUT2D eigenvalue weighted by Crippen LogP contribution is -2.49. The third-order valence-corrected chi connectivity index (χ3v) is 8.85. The summed E-state index contributed by atoms with van der Waals surface area (Å²) in [5, 5.41) is 9.37. The van der Waals surface area contributed by atoms with Crippen LogP contribution in [-0.4, -0.2) is 39.3 Å². The van der Waals surface area contributed by atoms with Crippen LogP contribution in [0.1, 0.15) is 34.6 Å². The second kappa shape index (κ2) is 8.27. The molecule has 1 N–H and O–H groups in total. The van der Waals surface area contributed by atoms with Crippen LogP contribution >= 0.6 is 0 Å². The van der Waals surface area contributed by atoms with Crippen LogP contribution in [0.25, 0.3) is 0 Å². The molecule has 0 rings (SSSR count). The number of hydrogen-bond acceptors (Lipinski definition) is 3. The molecule has 0 aromatic heterocycles. The molecule has 0 fully saturated rings. The quantitative estimate of drug-likeness (QED) is 0.540. The first-order valence-electron chi connectivity index (χ1n) is 7.61. The summed E-state index contributed by atoms with van der Waals surface area (Å²) in [7, 11) is -0.223. The van der Waals surface area contributed by atoms with Crippen LogP contribution in [0.5, 0.6) is 0 Å². The van der Waals surface area contributed by atoms with Crippen LogP contribution in [0.4, 0.5) is 0 Å². The van der Waals surface area contributed by atoms with Gasteiger partial charge in [-0.1, -0.05) is 45.4 Å². The summed E-state index contributed by atoms with van der Waals surface area (Å²) < 4.78 is 12.1. The zero-order valence-corrected chi connectivity index (χ0v) is 16.1. The van der Waals surface area contributed by atoms with E-state index in [2.05, 4.69) is 53.4 Å². The van der Waals surface area contributed by atoms with Crippen molar-refractivity contribution in [3.05, 3.63) is 24.3 Å². The molecule has 0 heterocycles. The third kappa shape index (κ3) is 6.07. The Morgan fingerprint density at radius 1 is 1.33 bits per heavy atom. The summed E-state index contributed by atoms with van der Waals surface area (Å²) in [6.07, 6.45) is 3.62. The molecule has 0 saturated carbocycles. The summed E-state index contributed by atoms with van der Waals surface area (Å²) in [6, 6.07) is 0. The van der Waals surface area contributed by atoms with E-state index < -0.39 is 8.32 Å². The molecule has 0 aliphatic carbocycles. The highest BCUT2D eigenvalue weighted by atomic mass is 28.4. The molecule has 4 heteroatoms. The van der Waals surface area contributed by atoms with E-state index in [1.54, 1.807) is 13.2 Å². The van der Waals surface area contributed by atoms with Crippen molar-refractivity contribution in [2.24, 2.45) is 5.92 Å². The number of aliphatic hydroxyl groups is 1. The Morgan fingerprint density at radius 2 is 1.86 bits per heavy atom. The number of methoxy groups -OCH3 is 1. The summed E-state index contributed by atoms with van der Waals surface area (Å²) >= 11 is 0. The highest BCUT2D eigenvalue weighted by Gasteiger charge is 2.41. The molecule has 0 aliphatic rings. The van der Waals surface area contributed by atoms with Crippen LogP contribution in [0.2, 0.25) is 18.1 Å². The predicted octanol–water partition coefficient (Wildman–Crippen LogP) is 4.15. The van der Waals surface area contributed by atoms with Gasteiger partial charge in [0.25, 0.3) is 0 Å². The predicted molar refractivity (Wildman–Crippen MR) is 93.1 cm³/mol. The smallest absolute Gasteiger partial charge is 0.192 e. The van der Waals surface area contributed by atoms with E-state index in [-0.39, 0.29) is 29.8 Å². The Balaban J connectivity index is 5.39. The molecule has 0 spiro atoms. The van der Waals surface area contributed by atoms with Crippen molar-refractivity contribution in [1.82, 2.24) is 0 Å². The Morgan fingerprint density at radius 3 is 2.19 bits per heavy atom. The zero-order chi connectivity index (χ0) is 16.8. The normalized spacial score (nSPS) is 18.2. The van der Waals surface area contributed by atoms with Crippen LogP contribution in [0.15, 0.2) is 24.3 Å². The van der Waals surface area contributed by atoms with Crippen molar-refractivity contribution >= 4 is 8.32 Å². The second-order valence-electron chi connectivity index (χ2n) is 7.31. The van der Waals surface area contributed by atoms with Crippen molar-refractivity contribution in [2.45, 2.75) is 65.0 Å². The minimum Gasteiger partial charge on any atom is -0.410 e. The van der Waals surface area contributed by atoms with Crippen LogP contribution in [-0.2, 0) is 9.16 Å². The van der Waals surface area contributed by atoms with Gasteiger partial charge in [0.15, 0.2) is 8.32 Å². The van der Waals surface area contributed by atoms with Crippen molar-refractivity contribution in [3.63, 3.8) is 0 Å². The minimum atomic E-state index is -1.91. The van der Waals surface area contributed by atoms with Gasteiger partial charge in [-0.3, -0.25) is 0 Å². The first-order chi connectivity index (χ1) is 9.50. The molecule has 21 heavy (non-hydrogen) atoms. The highest BCUT2D eigenvalue weighted by Crippen LogP contribution is 2.39. The fraction of sp³-hybridized carbons (Fsp3) is 0.765. The van der Waals surface area contributed by atoms with Gasteiger partial charge in [-0.2, -0.15) is 0 Å². The van der Waals surface area contributed by atoms with Gasteiger partial charge in [-0.15, -0.1) is 6.58 Å². The molecule has 0 saturated heterocycles. The number of aliphatic hydroxyl groups excluding tert-OH is 1. The fourth-order valence-electron chi connectivity index (χ4n) is 1.95. The van der Waals surface area contributed by atoms with E-state index in [0.717, 1.165) is 5.57 Å². The maximum Gasteiger partial charge on any atom is 0.192 e. The van der Waals surface area contributed by atoms with Crippen LogP contribution in [0, 0.1) is 5.92 Å². The largest absolute Gasteiger partial charge is 0.410 e. The molecule has 0 aliphatic heterocycles. The standard InChI is InChI=1S/C17H34O3Si/c1-10-15(19-7)16(14(3)11-13(2)12-18)20-21(8,9)17(4,5)6/h10-11,14-16,18H,1,12H2,2-9H3/b13-11+/t14-,15+,16+/m1/s1. The monoisotopic (exact) mass is 314 g/mol. The summed E-state index contributed by atoms with van der Waals surface area (Å²) in [5.41, 5.74) is 0.949. The van der Waals surface area contributed by atoms with Gasteiger partial charge in [0, 0.05) is 13.0 Å². The molecule has 0 unspecified atom stereocenters. The van der Waals surface area contributed by atoms with Crippen molar-refractivity contribution in [2.75, 3.05) is 13.7 Å². The van der Waals surface area contributed by atoms with Gasteiger partial charge in [-0.25, -0.2) is 0 Å². The average molecular weight is 315 g/mol.